The van der Waals surface area contributed by atoms with Crippen LogP contribution in [0.2, 0.25) is 0 Å². The van der Waals surface area contributed by atoms with Gasteiger partial charge >= 0.3 is 0 Å². The van der Waals surface area contributed by atoms with Crippen molar-refractivity contribution in [2.75, 3.05) is 7.11 Å². The van der Waals surface area contributed by atoms with Gasteiger partial charge in [-0.15, -0.1) is 5.10 Å². The maximum absolute atomic E-state index is 5.18. The number of tetrazole rings is 1. The van der Waals surface area contributed by atoms with Crippen LogP contribution in [-0.4, -0.2) is 27.3 Å². The van der Waals surface area contributed by atoms with Crippen LogP contribution in [0.15, 0.2) is 27.8 Å². The van der Waals surface area contributed by atoms with E-state index in [2.05, 4.69) is 31.5 Å². The molecule has 0 fully saturated rings. The molecule has 0 aliphatic heterocycles. The Balaban J connectivity index is 2.05. The Hall–Kier alpha value is -1.08. The van der Waals surface area contributed by atoms with Crippen LogP contribution in [0, 0.1) is 0 Å². The van der Waals surface area contributed by atoms with Gasteiger partial charge in [0.1, 0.15) is 5.75 Å². The quantitative estimate of drug-likeness (QED) is 0.810. The van der Waals surface area contributed by atoms with Gasteiger partial charge in [0, 0.05) is 12.8 Å². The van der Waals surface area contributed by atoms with E-state index >= 15 is 0 Å². The van der Waals surface area contributed by atoms with Crippen LogP contribution in [0.25, 0.3) is 0 Å². The largest absolute Gasteiger partial charge is 0.496 e. The average Bonchev–Trinajstić information content (AvgIpc) is 2.72. The van der Waals surface area contributed by atoms with E-state index in [1.165, 1.54) is 5.56 Å². The molecule has 2 aromatic rings. The molecular weight excluding hydrogens is 304 g/mol. The lowest BCUT2D eigenvalue weighted by Gasteiger charge is -2.05. The van der Waals surface area contributed by atoms with Crippen molar-refractivity contribution < 1.29 is 4.74 Å². The molecule has 90 valence electrons. The van der Waals surface area contributed by atoms with Gasteiger partial charge in [0.15, 0.2) is 0 Å². The van der Waals surface area contributed by atoms with E-state index < -0.39 is 0 Å². The van der Waals surface area contributed by atoms with Gasteiger partial charge in [0.25, 0.3) is 0 Å². The zero-order valence-electron chi connectivity index (χ0n) is 9.42. The van der Waals surface area contributed by atoms with Crippen molar-refractivity contribution >= 4 is 27.7 Å². The van der Waals surface area contributed by atoms with E-state index in [1.807, 2.05) is 25.2 Å². The number of benzene rings is 1. The lowest BCUT2D eigenvalue weighted by Crippen LogP contribution is -1.93. The summed E-state index contributed by atoms with van der Waals surface area (Å²) in [5, 5.41) is 12.1. The summed E-state index contributed by atoms with van der Waals surface area (Å²) in [7, 11) is 3.48. The van der Waals surface area contributed by atoms with Crippen LogP contribution in [-0.2, 0) is 12.8 Å². The minimum Gasteiger partial charge on any atom is -0.496 e. The lowest BCUT2D eigenvalue weighted by atomic mass is 10.2. The van der Waals surface area contributed by atoms with Gasteiger partial charge < -0.3 is 4.74 Å². The fraction of sp³-hybridized carbons (Fsp3) is 0.300. The minimum atomic E-state index is 0.803. The molecule has 0 amide bonds. The van der Waals surface area contributed by atoms with Crippen molar-refractivity contribution in [1.29, 1.82) is 0 Å². The SMILES string of the molecule is COc1ccc(CSc2nnnn2C)cc1Br. The predicted molar refractivity (Wildman–Crippen MR) is 69.1 cm³/mol. The Labute approximate surface area is 112 Å². The smallest absolute Gasteiger partial charge is 0.209 e. The van der Waals surface area contributed by atoms with Crippen molar-refractivity contribution in [2.24, 2.45) is 7.05 Å². The first-order valence-corrected chi connectivity index (χ1v) is 6.66. The molecule has 0 spiro atoms. The Morgan fingerprint density at radius 1 is 1.47 bits per heavy atom. The molecule has 0 aliphatic rings. The number of rotatable bonds is 4. The number of methoxy groups -OCH3 is 1. The summed E-state index contributed by atoms with van der Waals surface area (Å²) >= 11 is 5.05. The highest BCUT2D eigenvalue weighted by Crippen LogP contribution is 2.28. The van der Waals surface area contributed by atoms with E-state index in [0.717, 1.165) is 21.1 Å². The summed E-state index contributed by atoms with van der Waals surface area (Å²) in [5.74, 6) is 1.65. The van der Waals surface area contributed by atoms with Gasteiger partial charge in [-0.3, -0.25) is 0 Å². The Bertz CT molecular complexity index is 517. The number of thioether (sulfide) groups is 1. The number of hydrogen-bond acceptors (Lipinski definition) is 5. The maximum atomic E-state index is 5.18. The van der Waals surface area contributed by atoms with Crippen LogP contribution in [0.3, 0.4) is 0 Å². The molecule has 7 heteroatoms. The van der Waals surface area contributed by atoms with Crippen LogP contribution in [0.5, 0.6) is 5.75 Å². The highest BCUT2D eigenvalue weighted by molar-refractivity contribution is 9.10. The van der Waals surface area contributed by atoms with Crippen molar-refractivity contribution in [3.8, 4) is 5.75 Å². The summed E-state index contributed by atoms with van der Waals surface area (Å²) in [6, 6.07) is 6.00. The van der Waals surface area contributed by atoms with E-state index in [1.54, 1.807) is 23.6 Å². The third-order valence-corrected chi connectivity index (χ3v) is 3.87. The first-order chi connectivity index (χ1) is 8.20. The Morgan fingerprint density at radius 2 is 2.29 bits per heavy atom. The second-order valence-corrected chi connectivity index (χ2v) is 5.14. The first-order valence-electron chi connectivity index (χ1n) is 4.88. The monoisotopic (exact) mass is 314 g/mol. The highest BCUT2D eigenvalue weighted by atomic mass is 79.9. The lowest BCUT2D eigenvalue weighted by molar-refractivity contribution is 0.412. The van der Waals surface area contributed by atoms with Crippen molar-refractivity contribution in [2.45, 2.75) is 10.9 Å². The predicted octanol–water partition coefficient (Wildman–Crippen LogP) is 2.27. The number of nitrogens with zero attached hydrogens (tertiary/aromatic N) is 4. The van der Waals surface area contributed by atoms with E-state index in [-0.39, 0.29) is 0 Å². The fourth-order valence-corrected chi connectivity index (χ4v) is 2.67. The fourth-order valence-electron chi connectivity index (χ4n) is 1.29. The molecule has 2 rings (SSSR count). The van der Waals surface area contributed by atoms with E-state index in [9.17, 15) is 0 Å². The summed E-state index contributed by atoms with van der Waals surface area (Å²) in [6.45, 7) is 0. The summed E-state index contributed by atoms with van der Waals surface area (Å²) in [5.41, 5.74) is 1.19. The molecule has 17 heavy (non-hydrogen) atoms. The van der Waals surface area contributed by atoms with Gasteiger partial charge in [-0.1, -0.05) is 17.8 Å². The number of hydrogen-bond donors (Lipinski definition) is 0. The zero-order chi connectivity index (χ0) is 12.3. The molecule has 0 unspecified atom stereocenters. The van der Waals surface area contributed by atoms with Gasteiger partial charge in [-0.25, -0.2) is 4.68 Å². The topological polar surface area (TPSA) is 52.8 Å². The van der Waals surface area contributed by atoms with E-state index in [4.69, 9.17) is 4.74 Å². The van der Waals surface area contributed by atoms with Crippen molar-refractivity contribution in [1.82, 2.24) is 20.2 Å². The molecule has 0 bridgehead atoms. The number of ether oxygens (including phenoxy) is 1. The number of aryl methyl sites for hydroxylation is 1. The number of aromatic nitrogens is 4. The number of halogens is 1. The zero-order valence-corrected chi connectivity index (χ0v) is 11.8. The first kappa shape index (κ1) is 12.4. The van der Waals surface area contributed by atoms with Gasteiger partial charge in [-0.2, -0.15) is 0 Å². The minimum absolute atomic E-state index is 0.803. The molecule has 1 heterocycles. The van der Waals surface area contributed by atoms with Crippen LogP contribution in [0.1, 0.15) is 5.56 Å². The molecule has 0 saturated carbocycles. The van der Waals surface area contributed by atoms with Crippen LogP contribution in [0.4, 0.5) is 0 Å². The summed E-state index contributed by atoms with van der Waals surface area (Å²) < 4.78 is 7.79. The van der Waals surface area contributed by atoms with Gasteiger partial charge in [-0.05, 0) is 44.1 Å². The normalized spacial score (nSPS) is 10.5. The molecular formula is C10H11BrN4OS. The van der Waals surface area contributed by atoms with Crippen molar-refractivity contribution in [3.63, 3.8) is 0 Å². The molecule has 0 atom stereocenters. The molecule has 1 aromatic carbocycles. The summed E-state index contributed by atoms with van der Waals surface area (Å²) in [6.07, 6.45) is 0. The van der Waals surface area contributed by atoms with Gasteiger partial charge in [0.05, 0.1) is 11.6 Å². The Morgan fingerprint density at radius 3 is 2.88 bits per heavy atom. The van der Waals surface area contributed by atoms with Crippen molar-refractivity contribution in [3.05, 3.63) is 28.2 Å². The van der Waals surface area contributed by atoms with Gasteiger partial charge in [0.2, 0.25) is 5.16 Å². The average molecular weight is 315 g/mol. The maximum Gasteiger partial charge on any atom is 0.209 e. The van der Waals surface area contributed by atoms with Crippen LogP contribution >= 0.6 is 27.7 Å². The third-order valence-electron chi connectivity index (χ3n) is 2.17. The Kier molecular flexibility index (Phi) is 4.01. The van der Waals surface area contributed by atoms with E-state index in [0.29, 0.717) is 0 Å². The summed E-state index contributed by atoms with van der Waals surface area (Å²) in [4.78, 5) is 0. The molecule has 5 nitrogen and oxygen atoms in total. The molecule has 1 aromatic heterocycles. The molecule has 0 saturated heterocycles. The molecule has 0 radical (unpaired) electrons. The highest BCUT2D eigenvalue weighted by Gasteiger charge is 2.05. The third kappa shape index (κ3) is 2.98. The van der Waals surface area contributed by atoms with Crippen LogP contribution < -0.4 is 4.74 Å². The second kappa shape index (κ2) is 5.50. The molecule has 0 N–H and O–H groups in total. The molecule has 0 aliphatic carbocycles. The second-order valence-electron chi connectivity index (χ2n) is 3.34. The standard InChI is InChI=1S/C10H11BrN4OS/c1-15-10(12-13-14-15)17-6-7-3-4-9(16-2)8(11)5-7/h3-5H,6H2,1-2H3.